The summed E-state index contributed by atoms with van der Waals surface area (Å²) in [7, 11) is 1.84. The van der Waals surface area contributed by atoms with Gasteiger partial charge < -0.3 is 10.2 Å². The number of nitrogens with zero attached hydrogens (tertiary/aromatic N) is 3. The number of benzene rings is 2. The lowest BCUT2D eigenvalue weighted by Gasteiger charge is -2.24. The lowest BCUT2D eigenvalue weighted by molar-refractivity contribution is 0.0786. The van der Waals surface area contributed by atoms with E-state index < -0.39 is 0 Å². The molecule has 6 heteroatoms. The van der Waals surface area contributed by atoms with E-state index in [0.29, 0.717) is 23.2 Å². The number of aromatic nitrogens is 2. The van der Waals surface area contributed by atoms with Crippen LogP contribution in [-0.2, 0) is 0 Å². The Bertz CT molecular complexity index is 1390. The molecule has 178 valence electrons. The van der Waals surface area contributed by atoms with Gasteiger partial charge in [-0.1, -0.05) is 12.1 Å². The number of hydrogen-bond acceptors (Lipinski definition) is 4. The summed E-state index contributed by atoms with van der Waals surface area (Å²) in [6.45, 7) is 5.45. The topological polar surface area (TPSA) is 58.1 Å². The number of fused-ring (bicyclic) bond motifs is 1. The summed E-state index contributed by atoms with van der Waals surface area (Å²) >= 11 is 0. The molecule has 35 heavy (non-hydrogen) atoms. The highest BCUT2D eigenvalue weighted by molar-refractivity contribution is 6.12. The maximum absolute atomic E-state index is 14.4. The van der Waals surface area contributed by atoms with Crippen LogP contribution in [0, 0.1) is 19.7 Å². The molecule has 1 N–H and O–H groups in total. The van der Waals surface area contributed by atoms with Crippen LogP contribution < -0.4 is 5.32 Å². The molecule has 2 aromatic heterocycles. The number of rotatable bonds is 5. The molecule has 0 unspecified atom stereocenters. The van der Waals surface area contributed by atoms with Crippen molar-refractivity contribution in [2.24, 2.45) is 0 Å². The van der Waals surface area contributed by atoms with Gasteiger partial charge in [-0.15, -0.1) is 0 Å². The van der Waals surface area contributed by atoms with E-state index in [4.69, 9.17) is 0 Å². The number of hydrogen-bond donors (Lipinski definition) is 1. The quantitative estimate of drug-likeness (QED) is 0.418. The third kappa shape index (κ3) is 4.80. The van der Waals surface area contributed by atoms with Crippen molar-refractivity contribution in [3.63, 3.8) is 0 Å². The molecule has 0 bridgehead atoms. The van der Waals surface area contributed by atoms with Gasteiger partial charge in [0.05, 0.1) is 11.1 Å². The molecule has 1 atom stereocenters. The van der Waals surface area contributed by atoms with Crippen LogP contribution in [-0.4, -0.2) is 47.0 Å². The van der Waals surface area contributed by atoms with Gasteiger partial charge in [-0.05, 0) is 85.8 Å². The lowest BCUT2D eigenvalue weighted by atomic mass is 9.93. The molecule has 0 spiro atoms. The predicted molar refractivity (Wildman–Crippen MR) is 138 cm³/mol. The van der Waals surface area contributed by atoms with Crippen LogP contribution in [0.25, 0.3) is 33.2 Å². The van der Waals surface area contributed by atoms with Crippen LogP contribution >= 0.6 is 0 Å². The maximum Gasteiger partial charge on any atom is 0.255 e. The van der Waals surface area contributed by atoms with Crippen LogP contribution in [0.4, 0.5) is 4.39 Å². The fourth-order valence-electron chi connectivity index (χ4n) is 4.94. The summed E-state index contributed by atoms with van der Waals surface area (Å²) < 4.78 is 14.4. The molecule has 1 amide bonds. The zero-order valence-corrected chi connectivity index (χ0v) is 20.3. The Hall–Kier alpha value is -3.64. The van der Waals surface area contributed by atoms with E-state index in [0.717, 1.165) is 52.5 Å². The first-order chi connectivity index (χ1) is 16.9. The van der Waals surface area contributed by atoms with E-state index in [1.165, 1.54) is 12.1 Å². The Morgan fingerprint density at radius 1 is 1.03 bits per heavy atom. The van der Waals surface area contributed by atoms with Gasteiger partial charge in [0.1, 0.15) is 5.82 Å². The second-order valence-electron chi connectivity index (χ2n) is 9.53. The van der Waals surface area contributed by atoms with Crippen molar-refractivity contribution < 1.29 is 9.18 Å². The number of pyridine rings is 2. The van der Waals surface area contributed by atoms with E-state index >= 15 is 0 Å². The first-order valence-electron chi connectivity index (χ1n) is 12.0. The number of carbonyl (C=O) groups is 1. The molecule has 1 saturated heterocycles. The molecule has 5 rings (SSSR count). The van der Waals surface area contributed by atoms with Crippen molar-refractivity contribution in [1.29, 1.82) is 0 Å². The van der Waals surface area contributed by atoms with Gasteiger partial charge in [-0.25, -0.2) is 4.39 Å². The highest BCUT2D eigenvalue weighted by atomic mass is 19.1. The van der Waals surface area contributed by atoms with Crippen molar-refractivity contribution in [3.8, 4) is 22.3 Å². The average Bonchev–Trinajstić information content (AvgIpc) is 3.35. The summed E-state index contributed by atoms with van der Waals surface area (Å²) in [6, 6.07) is 13.1. The molecule has 2 aromatic carbocycles. The van der Waals surface area contributed by atoms with Gasteiger partial charge >= 0.3 is 0 Å². The van der Waals surface area contributed by atoms with E-state index in [1.54, 1.807) is 11.1 Å². The SMILES string of the molecule is Cc1cncc(-c2ccc3ncc(-c4cc(C)cc(F)c4)c(C(=O)N(C)C[C@@H]4CCCN4)c3c2)c1. The first kappa shape index (κ1) is 23.1. The number of nitrogens with one attached hydrogen (secondary N) is 1. The van der Waals surface area contributed by atoms with E-state index in [9.17, 15) is 9.18 Å². The smallest absolute Gasteiger partial charge is 0.255 e. The highest BCUT2D eigenvalue weighted by Gasteiger charge is 2.25. The number of halogens is 1. The van der Waals surface area contributed by atoms with Gasteiger partial charge in [0.2, 0.25) is 0 Å². The van der Waals surface area contributed by atoms with Gasteiger partial charge in [0.25, 0.3) is 5.91 Å². The van der Waals surface area contributed by atoms with Crippen molar-refractivity contribution in [2.75, 3.05) is 20.1 Å². The van der Waals surface area contributed by atoms with E-state index in [2.05, 4.69) is 21.4 Å². The predicted octanol–water partition coefficient (Wildman–Crippen LogP) is 5.54. The molecule has 1 aliphatic rings. The van der Waals surface area contributed by atoms with Crippen molar-refractivity contribution in [1.82, 2.24) is 20.2 Å². The van der Waals surface area contributed by atoms with Gasteiger partial charge in [-0.3, -0.25) is 14.8 Å². The largest absolute Gasteiger partial charge is 0.340 e. The molecule has 4 aromatic rings. The van der Waals surface area contributed by atoms with E-state index in [1.807, 2.05) is 57.6 Å². The summed E-state index contributed by atoms with van der Waals surface area (Å²) in [5.41, 5.74) is 6.33. The third-order valence-electron chi connectivity index (χ3n) is 6.65. The number of aryl methyl sites for hydroxylation is 2. The monoisotopic (exact) mass is 468 g/mol. The third-order valence-corrected chi connectivity index (χ3v) is 6.65. The molecule has 0 radical (unpaired) electrons. The second kappa shape index (κ2) is 9.55. The standard InChI is InChI=1S/C29H29FN4O/c1-18-9-21(12-23(30)11-18)26-16-33-27-7-6-20(22-10-19(2)14-31-15-22)13-25(27)28(26)29(35)34(3)17-24-5-4-8-32-24/h6-7,9-16,24,32H,4-5,8,17H2,1-3H3/t24-/m0/s1. The van der Waals surface area contributed by atoms with Crippen molar-refractivity contribution in [2.45, 2.75) is 32.7 Å². The zero-order chi connectivity index (χ0) is 24.5. The molecule has 1 aliphatic heterocycles. The number of likely N-dealkylation sites (N-methyl/N-ethyl adjacent to an activating group) is 1. The molecular formula is C29H29FN4O. The second-order valence-corrected chi connectivity index (χ2v) is 9.53. The molecule has 1 fully saturated rings. The fourth-order valence-corrected chi connectivity index (χ4v) is 4.94. The van der Waals surface area contributed by atoms with E-state index in [-0.39, 0.29) is 17.8 Å². The average molecular weight is 469 g/mol. The minimum atomic E-state index is -0.332. The Kier molecular flexibility index (Phi) is 6.31. The number of carbonyl (C=O) groups excluding carboxylic acids is 1. The first-order valence-corrected chi connectivity index (χ1v) is 12.0. The Balaban J connectivity index is 1.69. The Morgan fingerprint density at radius 2 is 1.86 bits per heavy atom. The van der Waals surface area contributed by atoms with Crippen molar-refractivity contribution in [3.05, 3.63) is 83.6 Å². The van der Waals surface area contributed by atoms with Crippen LogP contribution in [0.1, 0.15) is 34.3 Å². The lowest BCUT2D eigenvalue weighted by Crippen LogP contribution is -2.38. The molecule has 0 saturated carbocycles. The Labute approximate surface area is 205 Å². The van der Waals surface area contributed by atoms with Gasteiger partial charge in [-0.2, -0.15) is 0 Å². The molecule has 3 heterocycles. The summed E-state index contributed by atoms with van der Waals surface area (Å²) in [4.78, 5) is 24.7. The van der Waals surface area contributed by atoms with Crippen LogP contribution in [0.3, 0.4) is 0 Å². The van der Waals surface area contributed by atoms with Crippen molar-refractivity contribution >= 4 is 16.8 Å². The summed E-state index contributed by atoms with van der Waals surface area (Å²) in [5.74, 6) is -0.427. The Morgan fingerprint density at radius 3 is 2.60 bits per heavy atom. The van der Waals surface area contributed by atoms with Crippen LogP contribution in [0.5, 0.6) is 0 Å². The zero-order valence-electron chi connectivity index (χ0n) is 20.3. The highest BCUT2D eigenvalue weighted by Crippen LogP contribution is 2.33. The van der Waals surface area contributed by atoms with Gasteiger partial charge in [0, 0.05) is 54.7 Å². The van der Waals surface area contributed by atoms with Gasteiger partial charge in [0.15, 0.2) is 0 Å². The minimum absolute atomic E-state index is 0.0949. The van der Waals surface area contributed by atoms with Crippen LogP contribution in [0.15, 0.2) is 61.1 Å². The molecule has 5 nitrogen and oxygen atoms in total. The van der Waals surface area contributed by atoms with Crippen LogP contribution in [0.2, 0.25) is 0 Å². The minimum Gasteiger partial charge on any atom is -0.340 e. The number of amides is 1. The summed E-state index contributed by atoms with van der Waals surface area (Å²) in [6.07, 6.45) is 7.50. The maximum atomic E-state index is 14.4. The molecule has 0 aliphatic carbocycles. The summed E-state index contributed by atoms with van der Waals surface area (Å²) in [5, 5.41) is 4.22. The normalized spacial score (nSPS) is 15.5. The fraction of sp³-hybridized carbons (Fsp3) is 0.276. The molecular weight excluding hydrogens is 439 g/mol.